The third kappa shape index (κ3) is 2.15. The van der Waals surface area contributed by atoms with Crippen LogP contribution in [0.25, 0.3) is 16.8 Å². The third-order valence-corrected chi connectivity index (χ3v) is 4.49. The van der Waals surface area contributed by atoms with Crippen molar-refractivity contribution in [2.45, 2.75) is 5.92 Å². The Morgan fingerprint density at radius 2 is 1.74 bits per heavy atom. The number of fused-ring (bicyclic) bond motifs is 2. The van der Waals surface area contributed by atoms with Crippen LogP contribution in [0.1, 0.15) is 33.0 Å². The highest BCUT2D eigenvalue weighted by atomic mass is 16.5. The van der Waals surface area contributed by atoms with Gasteiger partial charge in [-0.05, 0) is 33.5 Å². The fourth-order valence-corrected chi connectivity index (χ4v) is 3.42. The molecule has 1 unspecified atom stereocenters. The predicted octanol–water partition coefficient (Wildman–Crippen LogP) is 4.79. The van der Waals surface area contributed by atoms with Crippen LogP contribution in [0.15, 0.2) is 66.7 Å². The molecule has 2 nitrogen and oxygen atoms in total. The van der Waals surface area contributed by atoms with Gasteiger partial charge in [-0.15, -0.1) is 0 Å². The average Bonchev–Trinajstić information content (AvgIpc) is 3.04. The number of carbonyl (C=O) groups excluding carboxylic acids is 1. The van der Waals surface area contributed by atoms with Crippen LogP contribution in [-0.4, -0.2) is 13.1 Å². The lowest BCUT2D eigenvalue weighted by Gasteiger charge is -2.18. The molecule has 0 saturated heterocycles. The number of allylic oxidation sites excluding steroid dienone is 1. The van der Waals surface area contributed by atoms with Crippen LogP contribution < -0.4 is 0 Å². The Morgan fingerprint density at radius 1 is 0.957 bits per heavy atom. The van der Waals surface area contributed by atoms with Crippen molar-refractivity contribution in [1.29, 1.82) is 0 Å². The topological polar surface area (TPSA) is 26.3 Å². The molecule has 0 heterocycles. The minimum absolute atomic E-state index is 0.0754. The summed E-state index contributed by atoms with van der Waals surface area (Å²) in [6, 6.07) is 20.3. The van der Waals surface area contributed by atoms with Gasteiger partial charge in [-0.3, -0.25) is 0 Å². The molecule has 1 aliphatic carbocycles. The van der Waals surface area contributed by atoms with Gasteiger partial charge in [0.1, 0.15) is 0 Å². The van der Waals surface area contributed by atoms with Crippen LogP contribution in [0.2, 0.25) is 0 Å². The van der Waals surface area contributed by atoms with Gasteiger partial charge in [0.15, 0.2) is 0 Å². The Bertz CT molecular complexity index is 937. The van der Waals surface area contributed by atoms with Gasteiger partial charge in [0.05, 0.1) is 12.7 Å². The first-order chi connectivity index (χ1) is 11.3. The summed E-state index contributed by atoms with van der Waals surface area (Å²) >= 11 is 0. The summed E-state index contributed by atoms with van der Waals surface area (Å²) in [4.78, 5) is 12.3. The molecule has 4 rings (SSSR count). The average molecular weight is 300 g/mol. The van der Waals surface area contributed by atoms with Gasteiger partial charge in [-0.1, -0.05) is 66.7 Å². The van der Waals surface area contributed by atoms with Crippen LogP contribution in [0, 0.1) is 0 Å². The highest BCUT2D eigenvalue weighted by Gasteiger charge is 2.25. The third-order valence-electron chi connectivity index (χ3n) is 4.49. The molecule has 3 aromatic rings. The van der Waals surface area contributed by atoms with Crippen LogP contribution in [0.4, 0.5) is 0 Å². The summed E-state index contributed by atoms with van der Waals surface area (Å²) in [7, 11) is 1.43. The SMILES string of the molecule is COC(=O)c1ccc2ccccc2c1C1C=Cc2ccccc21. The van der Waals surface area contributed by atoms with Crippen molar-refractivity contribution < 1.29 is 9.53 Å². The van der Waals surface area contributed by atoms with E-state index in [4.69, 9.17) is 4.74 Å². The fourth-order valence-electron chi connectivity index (χ4n) is 3.42. The number of methoxy groups -OCH3 is 1. The number of hydrogen-bond acceptors (Lipinski definition) is 2. The zero-order valence-corrected chi connectivity index (χ0v) is 12.8. The Labute approximate surface area is 135 Å². The van der Waals surface area contributed by atoms with E-state index in [0.717, 1.165) is 16.3 Å². The molecule has 0 N–H and O–H groups in total. The van der Waals surface area contributed by atoms with Gasteiger partial charge >= 0.3 is 5.97 Å². The van der Waals surface area contributed by atoms with Crippen LogP contribution in [0.5, 0.6) is 0 Å². The second-order valence-electron chi connectivity index (χ2n) is 5.71. The molecule has 2 heteroatoms. The van der Waals surface area contributed by atoms with E-state index in [0.29, 0.717) is 5.56 Å². The Kier molecular flexibility index (Phi) is 3.23. The highest BCUT2D eigenvalue weighted by Crippen LogP contribution is 2.40. The van der Waals surface area contributed by atoms with E-state index in [9.17, 15) is 4.79 Å². The summed E-state index contributed by atoms with van der Waals surface area (Å²) in [6.07, 6.45) is 4.29. The number of carbonyl (C=O) groups is 1. The summed E-state index contributed by atoms with van der Waals surface area (Å²) in [5, 5.41) is 2.23. The van der Waals surface area contributed by atoms with Crippen molar-refractivity contribution in [3.8, 4) is 0 Å². The van der Waals surface area contributed by atoms with Crippen LogP contribution in [-0.2, 0) is 4.74 Å². The molecule has 0 amide bonds. The molecule has 23 heavy (non-hydrogen) atoms. The van der Waals surface area contributed by atoms with Crippen molar-refractivity contribution >= 4 is 22.8 Å². The highest BCUT2D eigenvalue weighted by molar-refractivity contribution is 6.00. The number of hydrogen-bond donors (Lipinski definition) is 0. The monoisotopic (exact) mass is 300 g/mol. The second kappa shape index (κ2) is 5.40. The Morgan fingerprint density at radius 3 is 2.61 bits per heavy atom. The molecule has 0 radical (unpaired) electrons. The molecule has 3 aromatic carbocycles. The van der Waals surface area contributed by atoms with E-state index in [1.807, 2.05) is 36.4 Å². The number of benzene rings is 3. The lowest BCUT2D eigenvalue weighted by Crippen LogP contribution is -2.09. The molecule has 0 saturated carbocycles. The van der Waals surface area contributed by atoms with Gasteiger partial charge < -0.3 is 4.74 Å². The molecule has 0 aromatic heterocycles. The smallest absolute Gasteiger partial charge is 0.338 e. The lowest BCUT2D eigenvalue weighted by molar-refractivity contribution is 0.0599. The van der Waals surface area contributed by atoms with E-state index >= 15 is 0 Å². The zero-order chi connectivity index (χ0) is 15.8. The molecule has 0 fully saturated rings. The maximum absolute atomic E-state index is 12.3. The largest absolute Gasteiger partial charge is 0.465 e. The minimum atomic E-state index is -0.288. The van der Waals surface area contributed by atoms with E-state index < -0.39 is 0 Å². The number of rotatable bonds is 2. The number of esters is 1. The van der Waals surface area contributed by atoms with Gasteiger partial charge in [-0.25, -0.2) is 4.79 Å². The first-order valence-electron chi connectivity index (χ1n) is 7.66. The van der Waals surface area contributed by atoms with Gasteiger partial charge in [0.25, 0.3) is 0 Å². The molecule has 0 aliphatic heterocycles. The summed E-state index contributed by atoms with van der Waals surface area (Å²) < 4.78 is 5.01. The molecule has 1 aliphatic rings. The van der Waals surface area contributed by atoms with Crippen LogP contribution >= 0.6 is 0 Å². The molecular weight excluding hydrogens is 284 g/mol. The van der Waals surface area contributed by atoms with Crippen molar-refractivity contribution in [3.05, 3.63) is 89.0 Å². The zero-order valence-electron chi connectivity index (χ0n) is 12.8. The van der Waals surface area contributed by atoms with E-state index in [1.54, 1.807) is 0 Å². The van der Waals surface area contributed by atoms with Crippen molar-refractivity contribution in [2.75, 3.05) is 7.11 Å². The Balaban J connectivity index is 2.02. The molecule has 112 valence electrons. The van der Waals surface area contributed by atoms with Gasteiger partial charge in [-0.2, -0.15) is 0 Å². The maximum atomic E-state index is 12.3. The van der Waals surface area contributed by atoms with E-state index in [1.165, 1.54) is 18.2 Å². The quantitative estimate of drug-likeness (QED) is 0.636. The molecule has 1 atom stereocenters. The van der Waals surface area contributed by atoms with Crippen molar-refractivity contribution in [1.82, 2.24) is 0 Å². The van der Waals surface area contributed by atoms with Crippen LogP contribution in [0.3, 0.4) is 0 Å². The standard InChI is InChI=1S/C21H16O2/c1-23-21(22)19-13-11-15-7-3-5-9-17(15)20(19)18-12-10-14-6-2-4-8-16(14)18/h2-13,18H,1H3. The first kappa shape index (κ1) is 13.8. The molecule has 0 spiro atoms. The maximum Gasteiger partial charge on any atom is 0.338 e. The van der Waals surface area contributed by atoms with Gasteiger partial charge in [0, 0.05) is 5.92 Å². The van der Waals surface area contributed by atoms with E-state index in [2.05, 4.69) is 36.4 Å². The normalized spacial score (nSPS) is 15.6. The summed E-state index contributed by atoms with van der Waals surface area (Å²) in [6.45, 7) is 0. The summed E-state index contributed by atoms with van der Waals surface area (Å²) in [5.74, 6) is -0.213. The van der Waals surface area contributed by atoms with E-state index in [-0.39, 0.29) is 11.9 Å². The van der Waals surface area contributed by atoms with Crippen molar-refractivity contribution in [2.24, 2.45) is 0 Å². The first-order valence-corrected chi connectivity index (χ1v) is 7.66. The Hall–Kier alpha value is -2.87. The van der Waals surface area contributed by atoms with Crippen molar-refractivity contribution in [3.63, 3.8) is 0 Å². The van der Waals surface area contributed by atoms with Gasteiger partial charge in [0.2, 0.25) is 0 Å². The summed E-state index contributed by atoms with van der Waals surface area (Å²) in [5.41, 5.74) is 4.10. The fraction of sp³-hybridized carbons (Fsp3) is 0.0952. The molecule has 0 bridgehead atoms. The lowest BCUT2D eigenvalue weighted by atomic mass is 9.86. The molecular formula is C21H16O2. The number of ether oxygens (including phenoxy) is 1. The second-order valence-corrected chi connectivity index (χ2v) is 5.71. The minimum Gasteiger partial charge on any atom is -0.465 e. The predicted molar refractivity (Wildman–Crippen MR) is 92.6 cm³/mol.